The Morgan fingerprint density at radius 1 is 1.32 bits per heavy atom. The number of carbonyl (C=O) groups excluding carboxylic acids is 2. The lowest BCUT2D eigenvalue weighted by molar-refractivity contribution is -0.118. The van der Waals surface area contributed by atoms with Crippen LogP contribution in [0.15, 0.2) is 42.6 Å². The van der Waals surface area contributed by atoms with Gasteiger partial charge in [-0.2, -0.15) is 0 Å². The number of aromatic nitrogens is 1. The molecule has 19 heavy (non-hydrogen) atoms. The van der Waals surface area contributed by atoms with Crippen molar-refractivity contribution >= 4 is 29.5 Å². The van der Waals surface area contributed by atoms with Gasteiger partial charge in [0.1, 0.15) is 6.04 Å². The van der Waals surface area contributed by atoms with Crippen molar-refractivity contribution in [2.75, 3.05) is 5.32 Å². The summed E-state index contributed by atoms with van der Waals surface area (Å²) in [4.78, 5) is 23.0. The number of nitrogens with zero attached hydrogens (tertiary/aromatic N) is 1. The molecule has 1 aromatic heterocycles. The van der Waals surface area contributed by atoms with Crippen LogP contribution in [0.1, 0.15) is 23.5 Å². The third-order valence-electron chi connectivity index (χ3n) is 2.86. The van der Waals surface area contributed by atoms with Crippen molar-refractivity contribution in [3.63, 3.8) is 0 Å². The Hall–Kier alpha value is -2.07. The SMILES string of the molecule is CC(C(=O)Nc1ccccc1Cl)n1cccc1C=O. The molecule has 0 spiro atoms. The number of rotatable bonds is 4. The van der Waals surface area contributed by atoms with Gasteiger partial charge in [-0.1, -0.05) is 23.7 Å². The minimum Gasteiger partial charge on any atom is -0.333 e. The van der Waals surface area contributed by atoms with Crippen LogP contribution in [0, 0.1) is 0 Å². The Kier molecular flexibility index (Phi) is 4.02. The summed E-state index contributed by atoms with van der Waals surface area (Å²) >= 11 is 5.98. The maximum Gasteiger partial charge on any atom is 0.247 e. The molecule has 2 aromatic rings. The first-order valence-electron chi connectivity index (χ1n) is 5.81. The van der Waals surface area contributed by atoms with E-state index < -0.39 is 6.04 Å². The summed E-state index contributed by atoms with van der Waals surface area (Å²) in [5, 5.41) is 3.22. The third kappa shape index (κ3) is 2.85. The van der Waals surface area contributed by atoms with E-state index in [2.05, 4.69) is 5.32 Å². The number of hydrogen-bond acceptors (Lipinski definition) is 2. The Labute approximate surface area is 116 Å². The number of carbonyl (C=O) groups is 2. The molecule has 0 aliphatic rings. The molecule has 0 bridgehead atoms. The molecule has 98 valence electrons. The van der Waals surface area contributed by atoms with Crippen LogP contribution in [0.25, 0.3) is 0 Å². The largest absolute Gasteiger partial charge is 0.333 e. The Bertz CT molecular complexity index is 607. The Morgan fingerprint density at radius 2 is 2.05 bits per heavy atom. The molecular formula is C14H13ClN2O2. The smallest absolute Gasteiger partial charge is 0.247 e. The molecule has 1 unspecified atom stereocenters. The number of para-hydroxylation sites is 1. The summed E-state index contributed by atoms with van der Waals surface area (Å²) in [6.07, 6.45) is 2.42. The van der Waals surface area contributed by atoms with Crippen LogP contribution in [0.3, 0.4) is 0 Å². The number of halogens is 1. The number of anilines is 1. The highest BCUT2D eigenvalue weighted by molar-refractivity contribution is 6.33. The second-order valence-corrected chi connectivity index (χ2v) is 4.51. The first-order chi connectivity index (χ1) is 9.13. The first kappa shape index (κ1) is 13.4. The normalized spacial score (nSPS) is 11.9. The predicted octanol–water partition coefficient (Wildman–Crippen LogP) is 3.15. The van der Waals surface area contributed by atoms with Gasteiger partial charge >= 0.3 is 0 Å². The van der Waals surface area contributed by atoms with Gasteiger partial charge in [-0.25, -0.2) is 0 Å². The van der Waals surface area contributed by atoms with Crippen LogP contribution < -0.4 is 5.32 Å². The standard InChI is InChI=1S/C14H13ClN2O2/c1-10(17-8-4-5-11(17)9-18)14(19)16-13-7-3-2-6-12(13)15/h2-10H,1H3,(H,16,19). The molecule has 1 N–H and O–H groups in total. The number of nitrogens with one attached hydrogen (secondary N) is 1. The molecule has 0 saturated heterocycles. The number of hydrogen-bond donors (Lipinski definition) is 1. The molecule has 0 radical (unpaired) electrons. The second kappa shape index (κ2) is 5.71. The minimum absolute atomic E-state index is 0.229. The third-order valence-corrected chi connectivity index (χ3v) is 3.19. The van der Waals surface area contributed by atoms with Gasteiger partial charge in [-0.15, -0.1) is 0 Å². The molecule has 0 fully saturated rings. The summed E-state index contributed by atoms with van der Waals surface area (Å²) < 4.78 is 1.61. The van der Waals surface area contributed by atoms with E-state index in [1.165, 1.54) is 0 Å². The predicted molar refractivity (Wildman–Crippen MR) is 74.6 cm³/mol. The van der Waals surface area contributed by atoms with E-state index in [-0.39, 0.29) is 5.91 Å². The fourth-order valence-electron chi connectivity index (χ4n) is 1.79. The summed E-state index contributed by atoms with van der Waals surface area (Å²) in [6.45, 7) is 1.72. The van der Waals surface area contributed by atoms with Gasteiger partial charge in [-0.3, -0.25) is 9.59 Å². The van der Waals surface area contributed by atoms with Gasteiger partial charge in [0.05, 0.1) is 16.4 Å². The van der Waals surface area contributed by atoms with Gasteiger partial charge in [0, 0.05) is 6.20 Å². The van der Waals surface area contributed by atoms with E-state index in [0.29, 0.717) is 16.4 Å². The van der Waals surface area contributed by atoms with Crippen LogP contribution in [-0.4, -0.2) is 16.8 Å². The van der Waals surface area contributed by atoms with Crippen LogP contribution >= 0.6 is 11.6 Å². The summed E-state index contributed by atoms with van der Waals surface area (Å²) in [5.74, 6) is -0.229. The number of aldehydes is 1. The molecular weight excluding hydrogens is 264 g/mol. The number of benzene rings is 1. The van der Waals surface area contributed by atoms with Crippen molar-refractivity contribution < 1.29 is 9.59 Å². The highest BCUT2D eigenvalue weighted by Gasteiger charge is 2.17. The lowest BCUT2D eigenvalue weighted by Crippen LogP contribution is -2.24. The summed E-state index contributed by atoms with van der Waals surface area (Å²) in [6, 6.07) is 9.90. The molecule has 1 amide bonds. The fraction of sp³-hybridized carbons (Fsp3) is 0.143. The monoisotopic (exact) mass is 276 g/mol. The van der Waals surface area contributed by atoms with Gasteiger partial charge in [-0.05, 0) is 31.2 Å². The van der Waals surface area contributed by atoms with Crippen molar-refractivity contribution in [1.29, 1.82) is 0 Å². The van der Waals surface area contributed by atoms with E-state index in [0.717, 1.165) is 6.29 Å². The molecule has 0 aliphatic carbocycles. The quantitative estimate of drug-likeness (QED) is 0.872. The van der Waals surface area contributed by atoms with Crippen LogP contribution in [0.5, 0.6) is 0 Å². The van der Waals surface area contributed by atoms with Gasteiger partial charge in [0.2, 0.25) is 5.91 Å². The molecule has 4 nitrogen and oxygen atoms in total. The van der Waals surface area contributed by atoms with Crippen LogP contribution in [0.4, 0.5) is 5.69 Å². The maximum absolute atomic E-state index is 12.1. The summed E-state index contributed by atoms with van der Waals surface area (Å²) in [7, 11) is 0. The number of amides is 1. The maximum atomic E-state index is 12.1. The Morgan fingerprint density at radius 3 is 2.74 bits per heavy atom. The zero-order valence-corrected chi connectivity index (χ0v) is 11.1. The van der Waals surface area contributed by atoms with Gasteiger partial charge in [0.25, 0.3) is 0 Å². The average Bonchev–Trinajstić information content (AvgIpc) is 2.88. The van der Waals surface area contributed by atoms with E-state index in [1.54, 1.807) is 54.1 Å². The van der Waals surface area contributed by atoms with Gasteiger partial charge in [0.15, 0.2) is 6.29 Å². The molecule has 1 aromatic carbocycles. The molecule has 2 rings (SSSR count). The van der Waals surface area contributed by atoms with Crippen molar-refractivity contribution in [1.82, 2.24) is 4.57 Å². The molecule has 1 heterocycles. The highest BCUT2D eigenvalue weighted by Crippen LogP contribution is 2.22. The topological polar surface area (TPSA) is 51.1 Å². The summed E-state index contributed by atoms with van der Waals surface area (Å²) in [5.41, 5.74) is 1.02. The lowest BCUT2D eigenvalue weighted by atomic mass is 10.2. The van der Waals surface area contributed by atoms with E-state index in [4.69, 9.17) is 11.6 Å². The van der Waals surface area contributed by atoms with Crippen LogP contribution in [-0.2, 0) is 4.79 Å². The highest BCUT2D eigenvalue weighted by atomic mass is 35.5. The molecule has 0 saturated carbocycles. The van der Waals surface area contributed by atoms with Gasteiger partial charge < -0.3 is 9.88 Å². The van der Waals surface area contributed by atoms with Crippen molar-refractivity contribution in [3.05, 3.63) is 53.3 Å². The van der Waals surface area contributed by atoms with E-state index in [9.17, 15) is 9.59 Å². The first-order valence-corrected chi connectivity index (χ1v) is 6.18. The Balaban J connectivity index is 2.17. The average molecular weight is 277 g/mol. The van der Waals surface area contributed by atoms with E-state index >= 15 is 0 Å². The molecule has 1 atom stereocenters. The van der Waals surface area contributed by atoms with E-state index in [1.807, 2.05) is 0 Å². The molecule has 0 aliphatic heterocycles. The van der Waals surface area contributed by atoms with Crippen molar-refractivity contribution in [3.8, 4) is 0 Å². The van der Waals surface area contributed by atoms with Crippen LogP contribution in [0.2, 0.25) is 5.02 Å². The van der Waals surface area contributed by atoms with Crippen molar-refractivity contribution in [2.45, 2.75) is 13.0 Å². The van der Waals surface area contributed by atoms with Crippen molar-refractivity contribution in [2.24, 2.45) is 0 Å². The second-order valence-electron chi connectivity index (χ2n) is 4.10. The molecule has 5 heteroatoms. The lowest BCUT2D eigenvalue weighted by Gasteiger charge is -2.16. The zero-order chi connectivity index (χ0) is 13.8. The zero-order valence-electron chi connectivity index (χ0n) is 10.3. The fourth-order valence-corrected chi connectivity index (χ4v) is 1.97. The minimum atomic E-state index is -0.494.